The lowest BCUT2D eigenvalue weighted by Crippen LogP contribution is -2.04. The fourth-order valence-electron chi connectivity index (χ4n) is 3.45. The molecule has 1 atom stereocenters. The average Bonchev–Trinajstić information content (AvgIpc) is 2.65. The molecular formula is C24H48O2. The summed E-state index contributed by atoms with van der Waals surface area (Å²) in [5, 5.41) is 18.6. The number of aliphatic hydroxyl groups excluding tert-OH is 2. The molecule has 0 saturated carbocycles. The summed E-state index contributed by atoms with van der Waals surface area (Å²) in [6.07, 6.45) is 28.2. The Bertz CT molecular complexity index is 275. The number of hydrogen-bond acceptors (Lipinski definition) is 2. The molecule has 0 bridgehead atoms. The van der Waals surface area contributed by atoms with E-state index in [1.54, 1.807) is 0 Å². The van der Waals surface area contributed by atoms with Crippen LogP contribution in [0.15, 0.2) is 12.2 Å². The molecule has 2 heteroatoms. The van der Waals surface area contributed by atoms with Gasteiger partial charge in [-0.05, 0) is 25.7 Å². The highest BCUT2D eigenvalue weighted by atomic mass is 16.3. The highest BCUT2D eigenvalue weighted by Gasteiger charge is 2.01. The molecule has 0 aromatic carbocycles. The Morgan fingerprint density at radius 1 is 0.615 bits per heavy atom. The molecule has 2 nitrogen and oxygen atoms in total. The van der Waals surface area contributed by atoms with Crippen molar-refractivity contribution in [3.63, 3.8) is 0 Å². The van der Waals surface area contributed by atoms with E-state index in [1.807, 2.05) is 0 Å². The van der Waals surface area contributed by atoms with Gasteiger partial charge < -0.3 is 10.2 Å². The molecule has 0 heterocycles. The first-order valence-electron chi connectivity index (χ1n) is 11.7. The third kappa shape index (κ3) is 21.7. The minimum absolute atomic E-state index is 0.127. The molecule has 0 aliphatic heterocycles. The molecule has 0 fully saturated rings. The number of allylic oxidation sites excluding steroid dienone is 1. The van der Waals surface area contributed by atoms with Crippen LogP contribution in [-0.2, 0) is 0 Å². The Labute approximate surface area is 164 Å². The maximum Gasteiger partial charge on any atom is 0.0574 e. The van der Waals surface area contributed by atoms with E-state index in [1.165, 1.54) is 96.3 Å². The van der Waals surface area contributed by atoms with E-state index in [0.717, 1.165) is 25.7 Å². The van der Waals surface area contributed by atoms with Gasteiger partial charge >= 0.3 is 0 Å². The highest BCUT2D eigenvalue weighted by molar-refractivity contribution is 4.83. The molecule has 0 amide bonds. The fourth-order valence-corrected chi connectivity index (χ4v) is 3.45. The zero-order valence-corrected chi connectivity index (χ0v) is 17.8. The summed E-state index contributed by atoms with van der Waals surface area (Å²) in [5.74, 6) is 0. The van der Waals surface area contributed by atoms with Crippen LogP contribution in [0.1, 0.15) is 129 Å². The zero-order chi connectivity index (χ0) is 19.1. The molecule has 0 aromatic rings. The van der Waals surface area contributed by atoms with E-state index >= 15 is 0 Å². The van der Waals surface area contributed by atoms with Gasteiger partial charge in [-0.15, -0.1) is 0 Å². The van der Waals surface area contributed by atoms with Crippen LogP contribution >= 0.6 is 0 Å². The summed E-state index contributed by atoms with van der Waals surface area (Å²) in [6.45, 7) is 2.55. The van der Waals surface area contributed by atoms with Gasteiger partial charge in [-0.1, -0.05) is 115 Å². The van der Waals surface area contributed by atoms with Gasteiger partial charge in [0, 0.05) is 6.61 Å². The summed E-state index contributed by atoms with van der Waals surface area (Å²) < 4.78 is 0. The summed E-state index contributed by atoms with van der Waals surface area (Å²) in [5.41, 5.74) is 0. The van der Waals surface area contributed by atoms with Crippen molar-refractivity contribution in [2.75, 3.05) is 6.61 Å². The molecule has 156 valence electrons. The van der Waals surface area contributed by atoms with E-state index in [9.17, 15) is 5.11 Å². The zero-order valence-electron chi connectivity index (χ0n) is 17.8. The monoisotopic (exact) mass is 368 g/mol. The molecule has 0 aromatic heterocycles. The van der Waals surface area contributed by atoms with Crippen LogP contribution in [0.2, 0.25) is 0 Å². The second kappa shape index (κ2) is 22.7. The average molecular weight is 369 g/mol. The van der Waals surface area contributed by atoms with Crippen LogP contribution < -0.4 is 0 Å². The smallest absolute Gasteiger partial charge is 0.0574 e. The third-order valence-corrected chi connectivity index (χ3v) is 5.23. The van der Waals surface area contributed by atoms with Crippen LogP contribution in [-0.4, -0.2) is 22.9 Å². The van der Waals surface area contributed by atoms with Crippen LogP contribution in [0.4, 0.5) is 0 Å². The molecule has 1 unspecified atom stereocenters. The van der Waals surface area contributed by atoms with Crippen molar-refractivity contribution in [2.45, 2.75) is 135 Å². The molecule has 2 N–H and O–H groups in total. The number of rotatable bonds is 21. The molecule has 0 spiro atoms. The Morgan fingerprint density at radius 3 is 1.46 bits per heavy atom. The Hall–Kier alpha value is -0.340. The van der Waals surface area contributed by atoms with E-state index in [0.29, 0.717) is 6.61 Å². The topological polar surface area (TPSA) is 40.5 Å². The maximum absolute atomic E-state index is 9.90. The lowest BCUT2D eigenvalue weighted by molar-refractivity contribution is 0.163. The maximum atomic E-state index is 9.90. The number of hydrogen-bond donors (Lipinski definition) is 2. The molecular weight excluding hydrogens is 320 g/mol. The van der Waals surface area contributed by atoms with Crippen molar-refractivity contribution in [1.82, 2.24) is 0 Å². The second-order valence-corrected chi connectivity index (χ2v) is 7.97. The Morgan fingerprint density at radius 2 is 1.04 bits per heavy atom. The standard InChI is InChI=1S/C24H48O2/c1-2-3-4-18-21-24(26)22-19-16-14-12-10-8-6-5-7-9-11-13-15-17-20-23-25/h4,18,24-26H,2-3,5-17,19-23H2,1H3/b18-4+. The first-order valence-corrected chi connectivity index (χ1v) is 11.7. The summed E-state index contributed by atoms with van der Waals surface area (Å²) in [7, 11) is 0. The van der Waals surface area contributed by atoms with Gasteiger partial charge in [-0.3, -0.25) is 0 Å². The predicted octanol–water partition coefficient (Wildman–Crippen LogP) is 7.33. The largest absolute Gasteiger partial charge is 0.396 e. The van der Waals surface area contributed by atoms with Crippen LogP contribution in [0.3, 0.4) is 0 Å². The highest BCUT2D eigenvalue weighted by Crippen LogP contribution is 2.14. The van der Waals surface area contributed by atoms with E-state index < -0.39 is 0 Å². The molecule has 0 aliphatic carbocycles. The molecule has 26 heavy (non-hydrogen) atoms. The van der Waals surface area contributed by atoms with E-state index in [2.05, 4.69) is 19.1 Å². The van der Waals surface area contributed by atoms with Crippen molar-refractivity contribution in [2.24, 2.45) is 0 Å². The quantitative estimate of drug-likeness (QED) is 0.164. The Kier molecular flexibility index (Phi) is 22.4. The van der Waals surface area contributed by atoms with Gasteiger partial charge in [0.05, 0.1) is 6.10 Å². The third-order valence-electron chi connectivity index (χ3n) is 5.23. The van der Waals surface area contributed by atoms with Crippen LogP contribution in [0, 0.1) is 0 Å². The van der Waals surface area contributed by atoms with Crippen molar-refractivity contribution < 1.29 is 10.2 Å². The minimum Gasteiger partial charge on any atom is -0.396 e. The molecule has 0 radical (unpaired) electrons. The van der Waals surface area contributed by atoms with Crippen molar-refractivity contribution >= 4 is 0 Å². The number of unbranched alkanes of at least 4 members (excludes halogenated alkanes) is 15. The SMILES string of the molecule is CCC/C=C/CC(O)CCCCCCCCCCCCCCCCCO. The Balaban J connectivity index is 3.11. The van der Waals surface area contributed by atoms with Gasteiger partial charge in [0.2, 0.25) is 0 Å². The summed E-state index contributed by atoms with van der Waals surface area (Å²) >= 11 is 0. The van der Waals surface area contributed by atoms with Gasteiger partial charge in [0.1, 0.15) is 0 Å². The summed E-state index contributed by atoms with van der Waals surface area (Å²) in [4.78, 5) is 0. The molecule has 0 aliphatic rings. The van der Waals surface area contributed by atoms with Crippen LogP contribution in [0.25, 0.3) is 0 Å². The first kappa shape index (κ1) is 25.7. The van der Waals surface area contributed by atoms with Crippen LogP contribution in [0.5, 0.6) is 0 Å². The minimum atomic E-state index is -0.127. The van der Waals surface area contributed by atoms with Crippen molar-refractivity contribution in [1.29, 1.82) is 0 Å². The number of aliphatic hydroxyl groups is 2. The van der Waals surface area contributed by atoms with Gasteiger partial charge in [-0.2, -0.15) is 0 Å². The molecule has 0 saturated heterocycles. The lowest BCUT2D eigenvalue weighted by atomic mass is 10.0. The fraction of sp³-hybridized carbons (Fsp3) is 0.917. The van der Waals surface area contributed by atoms with Crippen molar-refractivity contribution in [3.8, 4) is 0 Å². The predicted molar refractivity (Wildman–Crippen MR) is 116 cm³/mol. The van der Waals surface area contributed by atoms with E-state index in [-0.39, 0.29) is 6.10 Å². The van der Waals surface area contributed by atoms with Crippen molar-refractivity contribution in [3.05, 3.63) is 12.2 Å². The van der Waals surface area contributed by atoms with Gasteiger partial charge in [0.15, 0.2) is 0 Å². The van der Waals surface area contributed by atoms with Gasteiger partial charge in [0.25, 0.3) is 0 Å². The van der Waals surface area contributed by atoms with E-state index in [4.69, 9.17) is 5.11 Å². The lowest BCUT2D eigenvalue weighted by Gasteiger charge is -2.07. The first-order chi connectivity index (χ1) is 12.8. The van der Waals surface area contributed by atoms with Gasteiger partial charge in [-0.25, -0.2) is 0 Å². The second-order valence-electron chi connectivity index (χ2n) is 7.97. The molecule has 0 rings (SSSR count). The summed E-state index contributed by atoms with van der Waals surface area (Å²) in [6, 6.07) is 0. The normalized spacial score (nSPS) is 12.9.